The molecule has 1 aliphatic heterocycles. The van der Waals surface area contributed by atoms with Crippen molar-refractivity contribution in [1.82, 2.24) is 10.2 Å². The van der Waals surface area contributed by atoms with Gasteiger partial charge in [-0.3, -0.25) is 14.5 Å². The van der Waals surface area contributed by atoms with Gasteiger partial charge in [-0.25, -0.2) is 4.79 Å². The highest BCUT2D eigenvalue weighted by atomic mass is 16.2. The summed E-state index contributed by atoms with van der Waals surface area (Å²) >= 11 is 0. The van der Waals surface area contributed by atoms with Gasteiger partial charge in [-0.15, -0.1) is 0 Å². The van der Waals surface area contributed by atoms with Gasteiger partial charge in [-0.05, 0) is 12.5 Å². The Balaban J connectivity index is 2.01. The van der Waals surface area contributed by atoms with Gasteiger partial charge < -0.3 is 11.1 Å². The molecule has 1 aliphatic rings. The Hall–Kier alpha value is -2.37. The van der Waals surface area contributed by atoms with Crippen LogP contribution in [0.4, 0.5) is 4.79 Å². The van der Waals surface area contributed by atoms with Crippen LogP contribution in [0.3, 0.4) is 0 Å². The molecule has 1 fully saturated rings. The van der Waals surface area contributed by atoms with Crippen molar-refractivity contribution in [3.63, 3.8) is 0 Å². The van der Waals surface area contributed by atoms with Crippen LogP contribution >= 0.6 is 0 Å². The summed E-state index contributed by atoms with van der Waals surface area (Å²) in [5.41, 5.74) is 6.03. The number of carbonyl (C=O) groups excluding carboxylic acids is 3. The van der Waals surface area contributed by atoms with Crippen LogP contribution in [0.2, 0.25) is 0 Å². The number of imide groups is 1. The minimum absolute atomic E-state index is 0.00245. The molecule has 4 amide bonds. The van der Waals surface area contributed by atoms with E-state index in [1.54, 1.807) is 6.92 Å². The zero-order valence-electron chi connectivity index (χ0n) is 10.5. The molecule has 1 unspecified atom stereocenters. The summed E-state index contributed by atoms with van der Waals surface area (Å²) in [4.78, 5) is 35.2. The number of nitrogens with two attached hydrogens (primary N) is 1. The van der Waals surface area contributed by atoms with Gasteiger partial charge in [-0.1, -0.05) is 30.3 Å². The quantitative estimate of drug-likeness (QED) is 0.778. The SMILES string of the molecule is CC(NC(=O)N1C(=O)C[C@H]1C(N)=O)c1ccccc1. The summed E-state index contributed by atoms with van der Waals surface area (Å²) in [6.45, 7) is 1.80. The molecule has 2 atom stereocenters. The molecule has 6 nitrogen and oxygen atoms in total. The molecule has 0 spiro atoms. The van der Waals surface area contributed by atoms with Crippen LogP contribution in [0.25, 0.3) is 0 Å². The highest BCUT2D eigenvalue weighted by Gasteiger charge is 2.44. The number of urea groups is 1. The fourth-order valence-corrected chi connectivity index (χ4v) is 1.98. The van der Waals surface area contributed by atoms with Gasteiger partial charge in [0.05, 0.1) is 12.5 Å². The van der Waals surface area contributed by atoms with Crippen LogP contribution in [0.5, 0.6) is 0 Å². The highest BCUT2D eigenvalue weighted by molar-refractivity contribution is 6.07. The maximum Gasteiger partial charge on any atom is 0.325 e. The van der Waals surface area contributed by atoms with E-state index in [4.69, 9.17) is 5.73 Å². The third kappa shape index (κ3) is 2.57. The molecule has 6 heteroatoms. The van der Waals surface area contributed by atoms with E-state index in [1.165, 1.54) is 0 Å². The lowest BCUT2D eigenvalue weighted by atomic mass is 10.0. The van der Waals surface area contributed by atoms with Gasteiger partial charge in [0, 0.05) is 0 Å². The lowest BCUT2D eigenvalue weighted by molar-refractivity contribution is -0.147. The third-order valence-corrected chi connectivity index (χ3v) is 3.14. The summed E-state index contributed by atoms with van der Waals surface area (Å²) in [5.74, 6) is -1.05. The topological polar surface area (TPSA) is 92.5 Å². The van der Waals surface area contributed by atoms with Gasteiger partial charge >= 0.3 is 6.03 Å². The normalized spacial score (nSPS) is 19.5. The first-order valence-corrected chi connectivity index (χ1v) is 5.97. The maximum absolute atomic E-state index is 11.9. The second-order valence-corrected chi connectivity index (χ2v) is 4.47. The number of hydrogen-bond donors (Lipinski definition) is 2. The summed E-state index contributed by atoms with van der Waals surface area (Å²) in [6.07, 6.45) is 0.00245. The molecule has 0 aliphatic carbocycles. The van der Waals surface area contributed by atoms with E-state index in [0.717, 1.165) is 10.5 Å². The van der Waals surface area contributed by atoms with E-state index in [0.29, 0.717) is 0 Å². The molecule has 0 radical (unpaired) electrons. The number of nitrogens with zero attached hydrogens (tertiary/aromatic N) is 1. The van der Waals surface area contributed by atoms with Crippen molar-refractivity contribution in [2.24, 2.45) is 5.73 Å². The van der Waals surface area contributed by atoms with E-state index < -0.39 is 18.0 Å². The maximum atomic E-state index is 11.9. The largest absolute Gasteiger partial charge is 0.368 e. The first kappa shape index (κ1) is 13.1. The molecule has 1 aromatic rings. The predicted molar refractivity (Wildman–Crippen MR) is 67.8 cm³/mol. The summed E-state index contributed by atoms with van der Waals surface area (Å²) in [6, 6.07) is 7.67. The van der Waals surface area contributed by atoms with E-state index in [1.807, 2.05) is 30.3 Å². The lowest BCUT2D eigenvalue weighted by Gasteiger charge is -2.36. The molecule has 1 saturated heterocycles. The molecule has 0 saturated carbocycles. The van der Waals surface area contributed by atoms with E-state index in [-0.39, 0.29) is 18.4 Å². The van der Waals surface area contributed by atoms with Gasteiger partial charge in [0.2, 0.25) is 11.8 Å². The minimum Gasteiger partial charge on any atom is -0.368 e. The van der Waals surface area contributed by atoms with Gasteiger partial charge in [0.1, 0.15) is 6.04 Å². The molecule has 1 heterocycles. The fourth-order valence-electron chi connectivity index (χ4n) is 1.98. The standard InChI is InChI=1S/C13H15N3O3/c1-8(9-5-3-2-4-6-9)15-13(19)16-10(12(14)18)7-11(16)17/h2-6,8,10H,7H2,1H3,(H2,14,18)(H,15,19)/t8?,10-/m0/s1. The zero-order chi connectivity index (χ0) is 14.0. The number of nitrogens with one attached hydrogen (secondary N) is 1. The molecule has 2 rings (SSSR count). The number of β-lactam (4-membered cyclic amide) rings is 1. The van der Waals surface area contributed by atoms with Crippen LogP contribution in [0.1, 0.15) is 24.9 Å². The van der Waals surface area contributed by atoms with Crippen molar-refractivity contribution >= 4 is 17.8 Å². The van der Waals surface area contributed by atoms with Crippen LogP contribution in [0, 0.1) is 0 Å². The van der Waals surface area contributed by atoms with Crippen molar-refractivity contribution in [3.05, 3.63) is 35.9 Å². The van der Waals surface area contributed by atoms with Crippen LogP contribution < -0.4 is 11.1 Å². The Morgan fingerprint density at radius 2 is 2.00 bits per heavy atom. The lowest BCUT2D eigenvalue weighted by Crippen LogP contribution is -2.63. The van der Waals surface area contributed by atoms with Crippen molar-refractivity contribution in [2.75, 3.05) is 0 Å². The number of hydrogen-bond acceptors (Lipinski definition) is 3. The van der Waals surface area contributed by atoms with Crippen molar-refractivity contribution in [3.8, 4) is 0 Å². The Kier molecular flexibility index (Phi) is 3.50. The third-order valence-electron chi connectivity index (χ3n) is 3.14. The van der Waals surface area contributed by atoms with Crippen molar-refractivity contribution in [2.45, 2.75) is 25.4 Å². The Bertz CT molecular complexity index is 515. The molecular formula is C13H15N3O3. The zero-order valence-corrected chi connectivity index (χ0v) is 10.5. The number of amides is 4. The van der Waals surface area contributed by atoms with Gasteiger partial charge in [0.15, 0.2) is 0 Å². The van der Waals surface area contributed by atoms with E-state index in [2.05, 4.69) is 5.32 Å². The molecule has 1 aromatic carbocycles. The van der Waals surface area contributed by atoms with Gasteiger partial charge in [0.25, 0.3) is 0 Å². The number of primary amides is 1. The first-order chi connectivity index (χ1) is 9.00. The summed E-state index contributed by atoms with van der Waals surface area (Å²) in [7, 11) is 0. The molecule has 0 bridgehead atoms. The molecule has 19 heavy (non-hydrogen) atoms. The fraction of sp³-hybridized carbons (Fsp3) is 0.308. The molecule has 100 valence electrons. The van der Waals surface area contributed by atoms with Gasteiger partial charge in [-0.2, -0.15) is 0 Å². The molecule has 3 N–H and O–H groups in total. The Morgan fingerprint density at radius 3 is 2.53 bits per heavy atom. The highest BCUT2D eigenvalue weighted by Crippen LogP contribution is 2.20. The monoisotopic (exact) mass is 261 g/mol. The summed E-state index contributed by atoms with van der Waals surface area (Å²) < 4.78 is 0. The number of rotatable bonds is 3. The average Bonchev–Trinajstić information content (AvgIpc) is 2.36. The average molecular weight is 261 g/mol. The molecular weight excluding hydrogens is 246 g/mol. The van der Waals surface area contributed by atoms with E-state index >= 15 is 0 Å². The Labute approximate surface area is 110 Å². The van der Waals surface area contributed by atoms with Crippen molar-refractivity contribution < 1.29 is 14.4 Å². The molecule has 0 aromatic heterocycles. The Morgan fingerprint density at radius 1 is 1.37 bits per heavy atom. The number of benzene rings is 1. The van der Waals surface area contributed by atoms with Crippen molar-refractivity contribution in [1.29, 1.82) is 0 Å². The summed E-state index contributed by atoms with van der Waals surface area (Å²) in [5, 5.41) is 2.67. The predicted octanol–water partition coefficient (Wildman–Crippen LogP) is 0.543. The van der Waals surface area contributed by atoms with E-state index in [9.17, 15) is 14.4 Å². The minimum atomic E-state index is -0.824. The van der Waals surface area contributed by atoms with Crippen LogP contribution in [-0.2, 0) is 9.59 Å². The second-order valence-electron chi connectivity index (χ2n) is 4.47. The number of carbonyl (C=O) groups is 3. The first-order valence-electron chi connectivity index (χ1n) is 5.97. The second kappa shape index (κ2) is 5.09. The smallest absolute Gasteiger partial charge is 0.325 e. The van der Waals surface area contributed by atoms with Crippen LogP contribution in [0.15, 0.2) is 30.3 Å². The van der Waals surface area contributed by atoms with Crippen LogP contribution in [-0.4, -0.2) is 28.8 Å². The number of likely N-dealkylation sites (tertiary alicyclic amines) is 1.